The standard InChI is InChI=1S/C8H12N4O3S/c9-3-5(6(13)14)16-8-11-10-7(15)12(8)4-1-2-4/h4-5H,1-3,9H2,(H,10,15)(H,13,14). The van der Waals surface area contributed by atoms with Crippen LogP contribution in [0.15, 0.2) is 9.95 Å². The fourth-order valence-corrected chi connectivity index (χ4v) is 2.25. The summed E-state index contributed by atoms with van der Waals surface area (Å²) in [5, 5.41) is 14.6. The van der Waals surface area contributed by atoms with Crippen LogP contribution in [0.5, 0.6) is 0 Å². The fraction of sp³-hybridized carbons (Fsp3) is 0.625. The van der Waals surface area contributed by atoms with Gasteiger partial charge in [0.1, 0.15) is 5.25 Å². The number of hydrogen-bond donors (Lipinski definition) is 3. The zero-order valence-corrected chi connectivity index (χ0v) is 9.24. The van der Waals surface area contributed by atoms with Gasteiger partial charge in [0.2, 0.25) is 0 Å². The third-order valence-corrected chi connectivity index (χ3v) is 3.50. The number of nitrogens with two attached hydrogens (primary N) is 1. The number of nitrogens with one attached hydrogen (secondary N) is 1. The molecule has 1 aromatic rings. The van der Waals surface area contributed by atoms with Gasteiger partial charge < -0.3 is 10.8 Å². The molecule has 2 rings (SSSR count). The van der Waals surface area contributed by atoms with Crippen molar-refractivity contribution in [1.29, 1.82) is 0 Å². The number of carbonyl (C=O) groups is 1. The van der Waals surface area contributed by atoms with E-state index in [0.29, 0.717) is 5.16 Å². The van der Waals surface area contributed by atoms with Crippen LogP contribution in [0, 0.1) is 0 Å². The Labute approximate surface area is 95.0 Å². The van der Waals surface area contributed by atoms with Crippen molar-refractivity contribution in [3.05, 3.63) is 10.5 Å². The highest BCUT2D eigenvalue weighted by Gasteiger charge is 2.30. The molecule has 1 atom stereocenters. The zero-order valence-electron chi connectivity index (χ0n) is 8.42. The van der Waals surface area contributed by atoms with Crippen LogP contribution in [0.4, 0.5) is 0 Å². The van der Waals surface area contributed by atoms with Gasteiger partial charge in [0.15, 0.2) is 5.16 Å². The van der Waals surface area contributed by atoms with Gasteiger partial charge in [-0.15, -0.1) is 5.10 Å². The fourth-order valence-electron chi connectivity index (χ4n) is 1.35. The molecule has 88 valence electrons. The van der Waals surface area contributed by atoms with Crippen molar-refractivity contribution >= 4 is 17.7 Å². The van der Waals surface area contributed by atoms with Gasteiger partial charge in [-0.25, -0.2) is 9.89 Å². The van der Waals surface area contributed by atoms with Gasteiger partial charge in [0.25, 0.3) is 0 Å². The van der Waals surface area contributed by atoms with Gasteiger partial charge in [0, 0.05) is 12.6 Å². The highest BCUT2D eigenvalue weighted by Crippen LogP contribution is 2.36. The summed E-state index contributed by atoms with van der Waals surface area (Å²) in [7, 11) is 0. The van der Waals surface area contributed by atoms with Gasteiger partial charge in [0.05, 0.1) is 0 Å². The smallest absolute Gasteiger partial charge is 0.344 e. The number of aromatic nitrogens is 3. The Morgan fingerprint density at radius 3 is 2.94 bits per heavy atom. The van der Waals surface area contributed by atoms with Crippen molar-refractivity contribution in [3.63, 3.8) is 0 Å². The average molecular weight is 244 g/mol. The van der Waals surface area contributed by atoms with Crippen molar-refractivity contribution < 1.29 is 9.90 Å². The predicted molar refractivity (Wildman–Crippen MR) is 57.5 cm³/mol. The zero-order chi connectivity index (χ0) is 11.7. The molecule has 1 aromatic heterocycles. The Morgan fingerprint density at radius 1 is 1.75 bits per heavy atom. The molecule has 0 aromatic carbocycles. The summed E-state index contributed by atoms with van der Waals surface area (Å²) in [6.45, 7) is 0.00567. The summed E-state index contributed by atoms with van der Waals surface area (Å²) < 4.78 is 1.51. The summed E-state index contributed by atoms with van der Waals surface area (Å²) >= 11 is 1.01. The summed E-state index contributed by atoms with van der Waals surface area (Å²) in [4.78, 5) is 22.2. The number of aliphatic carboxylic acids is 1. The van der Waals surface area contributed by atoms with E-state index in [1.165, 1.54) is 4.57 Å². The van der Waals surface area contributed by atoms with Gasteiger partial charge >= 0.3 is 11.7 Å². The average Bonchev–Trinajstić information content (AvgIpc) is 3.00. The maximum Gasteiger partial charge on any atom is 0.344 e. The molecule has 16 heavy (non-hydrogen) atoms. The second-order valence-electron chi connectivity index (χ2n) is 3.59. The molecule has 1 unspecified atom stereocenters. The van der Waals surface area contributed by atoms with Crippen LogP contribution >= 0.6 is 11.8 Å². The molecular formula is C8H12N4O3S. The van der Waals surface area contributed by atoms with Crippen LogP contribution in [0.1, 0.15) is 18.9 Å². The Morgan fingerprint density at radius 2 is 2.44 bits per heavy atom. The first-order valence-electron chi connectivity index (χ1n) is 4.90. The number of rotatable bonds is 5. The van der Waals surface area contributed by atoms with Crippen molar-refractivity contribution in [2.45, 2.75) is 29.3 Å². The van der Waals surface area contributed by atoms with E-state index in [2.05, 4.69) is 10.2 Å². The van der Waals surface area contributed by atoms with Gasteiger partial charge in [-0.2, -0.15) is 0 Å². The molecule has 1 aliphatic rings. The second-order valence-corrected chi connectivity index (χ2v) is 4.76. The lowest BCUT2D eigenvalue weighted by atomic mass is 10.4. The van der Waals surface area contributed by atoms with Crippen molar-refractivity contribution in [1.82, 2.24) is 14.8 Å². The summed E-state index contributed by atoms with van der Waals surface area (Å²) in [6.07, 6.45) is 1.88. The van der Waals surface area contributed by atoms with Crippen LogP contribution in [-0.2, 0) is 4.79 Å². The molecule has 0 bridgehead atoms. The molecule has 8 heteroatoms. The molecule has 0 aliphatic heterocycles. The van der Waals surface area contributed by atoms with Gasteiger partial charge in [-0.1, -0.05) is 11.8 Å². The lowest BCUT2D eigenvalue weighted by molar-refractivity contribution is -0.136. The predicted octanol–water partition coefficient (Wildman–Crippen LogP) is -0.590. The van der Waals surface area contributed by atoms with Crippen molar-refractivity contribution in [2.24, 2.45) is 5.73 Å². The highest BCUT2D eigenvalue weighted by atomic mass is 32.2. The number of thioether (sulfide) groups is 1. The molecule has 0 saturated heterocycles. The molecule has 1 saturated carbocycles. The molecule has 0 amide bonds. The van der Waals surface area contributed by atoms with Crippen LogP contribution in [0.3, 0.4) is 0 Å². The molecule has 1 aliphatic carbocycles. The van der Waals surface area contributed by atoms with E-state index in [1.54, 1.807) is 0 Å². The maximum atomic E-state index is 11.4. The molecule has 1 fully saturated rings. The van der Waals surface area contributed by atoms with Crippen molar-refractivity contribution in [2.75, 3.05) is 6.54 Å². The van der Waals surface area contributed by atoms with Crippen LogP contribution in [-0.4, -0.2) is 37.6 Å². The summed E-state index contributed by atoms with van der Waals surface area (Å²) in [5.41, 5.74) is 5.06. The number of carboxylic acid groups (broad SMARTS) is 1. The Bertz CT molecular complexity index is 450. The van der Waals surface area contributed by atoms with Crippen LogP contribution in [0.25, 0.3) is 0 Å². The first-order chi connectivity index (χ1) is 7.63. The first kappa shape index (κ1) is 11.2. The second kappa shape index (κ2) is 4.30. The number of carboxylic acids is 1. The minimum Gasteiger partial charge on any atom is -0.480 e. The lowest BCUT2D eigenvalue weighted by Gasteiger charge is -2.08. The van der Waals surface area contributed by atoms with E-state index < -0.39 is 11.2 Å². The van der Waals surface area contributed by atoms with E-state index in [4.69, 9.17) is 10.8 Å². The first-order valence-corrected chi connectivity index (χ1v) is 5.78. The number of H-pyrrole nitrogens is 1. The van der Waals surface area contributed by atoms with E-state index in [1.807, 2.05) is 0 Å². The largest absolute Gasteiger partial charge is 0.480 e. The molecule has 0 spiro atoms. The maximum absolute atomic E-state index is 11.4. The van der Waals surface area contributed by atoms with Gasteiger partial charge in [-0.05, 0) is 12.8 Å². The molecule has 4 N–H and O–H groups in total. The van der Waals surface area contributed by atoms with Crippen LogP contribution < -0.4 is 11.4 Å². The van der Waals surface area contributed by atoms with E-state index in [9.17, 15) is 9.59 Å². The Balaban J connectivity index is 2.20. The Kier molecular flexibility index (Phi) is 3.01. The number of aromatic amines is 1. The quantitative estimate of drug-likeness (QED) is 0.596. The lowest BCUT2D eigenvalue weighted by Crippen LogP contribution is -2.27. The van der Waals surface area contributed by atoms with E-state index in [-0.39, 0.29) is 18.3 Å². The number of nitrogens with zero attached hydrogens (tertiary/aromatic N) is 2. The van der Waals surface area contributed by atoms with Gasteiger partial charge in [-0.3, -0.25) is 9.36 Å². The third kappa shape index (κ3) is 2.12. The molecule has 7 nitrogen and oxygen atoms in total. The topological polar surface area (TPSA) is 114 Å². The van der Waals surface area contributed by atoms with E-state index in [0.717, 1.165) is 24.6 Å². The highest BCUT2D eigenvalue weighted by molar-refractivity contribution is 8.00. The van der Waals surface area contributed by atoms with Crippen molar-refractivity contribution in [3.8, 4) is 0 Å². The Hall–Kier alpha value is -1.28. The minimum absolute atomic E-state index is 0.00567. The molecular weight excluding hydrogens is 232 g/mol. The van der Waals surface area contributed by atoms with Crippen LogP contribution in [0.2, 0.25) is 0 Å². The monoisotopic (exact) mass is 244 g/mol. The van der Waals surface area contributed by atoms with E-state index >= 15 is 0 Å². The summed E-state index contributed by atoms with van der Waals surface area (Å²) in [6, 6.07) is 0.168. The normalized spacial score (nSPS) is 17.3. The number of hydrogen-bond acceptors (Lipinski definition) is 5. The molecule has 1 heterocycles. The minimum atomic E-state index is -0.995. The summed E-state index contributed by atoms with van der Waals surface area (Å²) in [5.74, 6) is -0.995. The molecule has 0 radical (unpaired) electrons. The third-order valence-electron chi connectivity index (χ3n) is 2.32. The SMILES string of the molecule is NCC(Sc1n[nH]c(=O)n1C1CC1)C(=O)O.